The Morgan fingerprint density at radius 3 is 2.16 bits per heavy atom. The molecule has 2 aromatic carbocycles. The number of ether oxygens (including phenoxy) is 1. The van der Waals surface area contributed by atoms with Gasteiger partial charge in [-0.3, -0.25) is 4.79 Å². The summed E-state index contributed by atoms with van der Waals surface area (Å²) < 4.78 is 32.5. The van der Waals surface area contributed by atoms with Crippen LogP contribution in [0.2, 0.25) is 0 Å². The summed E-state index contributed by atoms with van der Waals surface area (Å²) >= 11 is 0. The monoisotopic (exact) mass is 444 g/mol. The van der Waals surface area contributed by atoms with Crippen LogP contribution in [0, 0.1) is 5.92 Å². The molecule has 1 saturated heterocycles. The van der Waals surface area contributed by atoms with Gasteiger partial charge in [-0.1, -0.05) is 58.0 Å². The van der Waals surface area contributed by atoms with E-state index < -0.39 is 10.0 Å². The van der Waals surface area contributed by atoms with Crippen LogP contribution in [0.15, 0.2) is 53.4 Å². The van der Waals surface area contributed by atoms with Crippen LogP contribution in [0.4, 0.5) is 0 Å². The number of hydrogen-bond acceptors (Lipinski definition) is 4. The van der Waals surface area contributed by atoms with Gasteiger partial charge in [0.2, 0.25) is 10.0 Å². The van der Waals surface area contributed by atoms with Crippen molar-refractivity contribution in [2.24, 2.45) is 5.92 Å². The van der Waals surface area contributed by atoms with Gasteiger partial charge in [0, 0.05) is 18.7 Å². The number of nitrogens with one attached hydrogen (secondary N) is 1. The largest absolute Gasteiger partial charge is 0.379 e. The van der Waals surface area contributed by atoms with Gasteiger partial charge in [-0.15, -0.1) is 0 Å². The van der Waals surface area contributed by atoms with Crippen molar-refractivity contribution in [2.75, 3.05) is 26.3 Å². The first-order chi connectivity index (χ1) is 14.7. The molecule has 0 radical (unpaired) electrons. The Morgan fingerprint density at radius 2 is 1.58 bits per heavy atom. The van der Waals surface area contributed by atoms with Crippen molar-refractivity contribution in [1.29, 1.82) is 0 Å². The van der Waals surface area contributed by atoms with Gasteiger partial charge in [0.1, 0.15) is 0 Å². The van der Waals surface area contributed by atoms with E-state index in [9.17, 15) is 13.2 Å². The minimum Gasteiger partial charge on any atom is -0.379 e. The van der Waals surface area contributed by atoms with E-state index in [-0.39, 0.29) is 22.8 Å². The van der Waals surface area contributed by atoms with Gasteiger partial charge in [-0.25, -0.2) is 8.42 Å². The van der Waals surface area contributed by atoms with Crippen LogP contribution >= 0.6 is 0 Å². The summed E-state index contributed by atoms with van der Waals surface area (Å²) in [4.78, 5) is 13.2. The van der Waals surface area contributed by atoms with Gasteiger partial charge in [-0.05, 0) is 41.2 Å². The van der Waals surface area contributed by atoms with Crippen LogP contribution in [0.3, 0.4) is 0 Å². The first-order valence-electron chi connectivity index (χ1n) is 10.8. The minimum absolute atomic E-state index is 0.129. The predicted octanol–water partition coefficient (Wildman–Crippen LogP) is 3.96. The summed E-state index contributed by atoms with van der Waals surface area (Å²) in [6.45, 7) is 9.81. The fraction of sp³-hybridized carbons (Fsp3) is 0.458. The van der Waals surface area contributed by atoms with E-state index in [0.717, 1.165) is 5.56 Å². The quantitative estimate of drug-likeness (QED) is 0.701. The Hall–Kier alpha value is -2.22. The summed E-state index contributed by atoms with van der Waals surface area (Å²) in [6.07, 6.45) is 0. The average Bonchev–Trinajstić information content (AvgIpc) is 2.78. The smallest absolute Gasteiger partial charge is 0.251 e. The molecule has 1 aliphatic heterocycles. The van der Waals surface area contributed by atoms with Crippen LogP contribution in [0.25, 0.3) is 0 Å². The number of carbonyl (C=O) groups is 1. The number of amides is 1. The molecule has 1 N–H and O–H groups in total. The van der Waals surface area contributed by atoms with Gasteiger partial charge in [0.15, 0.2) is 0 Å². The lowest BCUT2D eigenvalue weighted by atomic mass is 9.93. The molecule has 1 heterocycles. The number of rotatable bonds is 7. The number of benzene rings is 2. The molecule has 3 rings (SSSR count). The van der Waals surface area contributed by atoms with Gasteiger partial charge in [0.05, 0.1) is 24.2 Å². The van der Waals surface area contributed by atoms with E-state index in [4.69, 9.17) is 4.74 Å². The maximum atomic E-state index is 13.0. The lowest BCUT2D eigenvalue weighted by molar-refractivity contribution is 0.0730. The molecule has 0 aromatic heterocycles. The molecule has 0 bridgehead atoms. The zero-order chi connectivity index (χ0) is 22.6. The van der Waals surface area contributed by atoms with Crippen LogP contribution in [0.1, 0.15) is 61.1 Å². The highest BCUT2D eigenvalue weighted by Crippen LogP contribution is 2.25. The lowest BCUT2D eigenvalue weighted by Gasteiger charge is -2.26. The molecule has 0 saturated carbocycles. The van der Waals surface area contributed by atoms with E-state index >= 15 is 0 Å². The van der Waals surface area contributed by atoms with Crippen molar-refractivity contribution in [2.45, 2.75) is 44.6 Å². The Balaban J connectivity index is 1.80. The van der Waals surface area contributed by atoms with E-state index in [0.29, 0.717) is 37.8 Å². The molecule has 1 fully saturated rings. The van der Waals surface area contributed by atoms with Crippen molar-refractivity contribution in [3.8, 4) is 0 Å². The Morgan fingerprint density at radius 1 is 0.968 bits per heavy atom. The topological polar surface area (TPSA) is 75.7 Å². The molecular formula is C24H32N2O4S. The second-order valence-corrected chi connectivity index (χ2v) is 10.5. The third-order valence-electron chi connectivity index (χ3n) is 5.62. The highest BCUT2D eigenvalue weighted by molar-refractivity contribution is 7.89. The minimum atomic E-state index is -3.65. The second-order valence-electron chi connectivity index (χ2n) is 8.56. The number of sulfonamides is 1. The van der Waals surface area contributed by atoms with Crippen LogP contribution in [-0.2, 0) is 14.8 Å². The molecule has 0 spiro atoms. The number of carbonyl (C=O) groups excluding carboxylic acids is 1. The molecule has 1 unspecified atom stereocenters. The summed E-state index contributed by atoms with van der Waals surface area (Å²) in [7, 11) is -3.65. The molecule has 1 amide bonds. The maximum Gasteiger partial charge on any atom is 0.251 e. The average molecular weight is 445 g/mol. The van der Waals surface area contributed by atoms with Crippen molar-refractivity contribution in [3.05, 3.63) is 65.2 Å². The van der Waals surface area contributed by atoms with Gasteiger partial charge in [0.25, 0.3) is 5.91 Å². The summed E-state index contributed by atoms with van der Waals surface area (Å²) in [5, 5.41) is 3.09. The highest BCUT2D eigenvalue weighted by atomic mass is 32.2. The third-order valence-corrected chi connectivity index (χ3v) is 7.51. The SMILES string of the molecule is CC(C)c1ccc(C(NC(=O)c2cccc(S(=O)(=O)N3CCOCC3)c2)C(C)C)cc1. The van der Waals surface area contributed by atoms with Gasteiger partial charge >= 0.3 is 0 Å². The van der Waals surface area contributed by atoms with Crippen molar-refractivity contribution in [3.63, 3.8) is 0 Å². The standard InChI is InChI=1S/C24H32N2O4S/c1-17(2)19-8-10-20(11-9-19)23(18(3)4)25-24(27)21-6-5-7-22(16-21)31(28,29)26-12-14-30-15-13-26/h5-11,16-18,23H,12-15H2,1-4H3,(H,25,27). The molecular weight excluding hydrogens is 412 g/mol. The molecule has 2 aromatic rings. The van der Waals surface area contributed by atoms with Crippen LogP contribution < -0.4 is 5.32 Å². The van der Waals surface area contributed by atoms with Crippen LogP contribution in [-0.4, -0.2) is 44.9 Å². The Labute approximate surface area is 185 Å². The summed E-state index contributed by atoms with van der Waals surface area (Å²) in [5.74, 6) is 0.331. The number of nitrogens with zero attached hydrogens (tertiary/aromatic N) is 1. The second kappa shape index (κ2) is 9.94. The maximum absolute atomic E-state index is 13.0. The normalized spacial score (nSPS) is 16.5. The molecule has 0 aliphatic carbocycles. The molecule has 1 atom stereocenters. The van der Waals surface area contributed by atoms with Crippen molar-refractivity contribution < 1.29 is 17.9 Å². The zero-order valence-electron chi connectivity index (χ0n) is 18.7. The molecule has 6 nitrogen and oxygen atoms in total. The van der Waals surface area contributed by atoms with E-state index in [2.05, 4.69) is 57.3 Å². The van der Waals surface area contributed by atoms with E-state index in [1.54, 1.807) is 12.1 Å². The highest BCUT2D eigenvalue weighted by Gasteiger charge is 2.27. The van der Waals surface area contributed by atoms with Crippen LogP contribution in [0.5, 0.6) is 0 Å². The first-order valence-corrected chi connectivity index (χ1v) is 12.2. The van der Waals surface area contributed by atoms with Crippen molar-refractivity contribution in [1.82, 2.24) is 9.62 Å². The van der Waals surface area contributed by atoms with Gasteiger partial charge in [-0.2, -0.15) is 4.31 Å². The molecule has 168 valence electrons. The number of hydrogen-bond donors (Lipinski definition) is 1. The summed E-state index contributed by atoms with van der Waals surface area (Å²) in [5.41, 5.74) is 2.61. The lowest BCUT2D eigenvalue weighted by Crippen LogP contribution is -2.40. The number of morpholine rings is 1. The first kappa shape index (κ1) is 23.4. The van der Waals surface area contributed by atoms with Gasteiger partial charge < -0.3 is 10.1 Å². The molecule has 31 heavy (non-hydrogen) atoms. The van der Waals surface area contributed by atoms with E-state index in [1.165, 1.54) is 22.0 Å². The Bertz CT molecular complexity index is 994. The zero-order valence-corrected chi connectivity index (χ0v) is 19.5. The Kier molecular flexibility index (Phi) is 7.51. The third kappa shape index (κ3) is 5.53. The summed E-state index contributed by atoms with van der Waals surface area (Å²) in [6, 6.07) is 14.4. The molecule has 1 aliphatic rings. The fourth-order valence-corrected chi connectivity index (χ4v) is 5.14. The predicted molar refractivity (Wildman–Crippen MR) is 122 cm³/mol. The molecule has 7 heteroatoms. The van der Waals surface area contributed by atoms with E-state index in [1.807, 2.05) is 0 Å². The fourth-order valence-electron chi connectivity index (χ4n) is 3.68. The van der Waals surface area contributed by atoms with Crippen molar-refractivity contribution >= 4 is 15.9 Å².